The SMILES string of the molecule is CCn1ncc(Cl)c1C1CCCCCC1CNC1CC1. The number of nitrogens with zero attached hydrogens (tertiary/aromatic N) is 2. The first-order valence-corrected chi connectivity index (χ1v) is 8.62. The number of halogens is 1. The van der Waals surface area contributed by atoms with E-state index in [-0.39, 0.29) is 0 Å². The molecule has 1 N–H and O–H groups in total. The molecule has 2 fully saturated rings. The number of hydrogen-bond acceptors (Lipinski definition) is 2. The monoisotopic (exact) mass is 295 g/mol. The molecule has 2 unspecified atom stereocenters. The minimum Gasteiger partial charge on any atom is -0.314 e. The van der Waals surface area contributed by atoms with Crippen molar-refractivity contribution in [2.24, 2.45) is 5.92 Å². The lowest BCUT2D eigenvalue weighted by Gasteiger charge is -2.26. The Hall–Kier alpha value is -0.540. The molecule has 0 aliphatic heterocycles. The van der Waals surface area contributed by atoms with Crippen molar-refractivity contribution in [2.45, 2.75) is 70.4 Å². The zero-order chi connectivity index (χ0) is 13.9. The lowest BCUT2D eigenvalue weighted by molar-refractivity contribution is 0.357. The van der Waals surface area contributed by atoms with Gasteiger partial charge in [-0.15, -0.1) is 0 Å². The van der Waals surface area contributed by atoms with E-state index in [0.29, 0.717) is 5.92 Å². The summed E-state index contributed by atoms with van der Waals surface area (Å²) in [6.45, 7) is 4.23. The maximum Gasteiger partial charge on any atom is 0.0820 e. The van der Waals surface area contributed by atoms with E-state index in [1.807, 2.05) is 6.20 Å². The Balaban J connectivity index is 1.78. The molecule has 0 spiro atoms. The van der Waals surface area contributed by atoms with Gasteiger partial charge in [0.1, 0.15) is 0 Å². The van der Waals surface area contributed by atoms with Crippen molar-refractivity contribution in [3.05, 3.63) is 16.9 Å². The Morgan fingerprint density at radius 2 is 2.05 bits per heavy atom. The van der Waals surface area contributed by atoms with Gasteiger partial charge in [0, 0.05) is 18.5 Å². The summed E-state index contributed by atoms with van der Waals surface area (Å²) in [7, 11) is 0. The molecule has 2 saturated carbocycles. The quantitative estimate of drug-likeness (QED) is 0.833. The number of aryl methyl sites for hydroxylation is 1. The fourth-order valence-electron chi connectivity index (χ4n) is 3.59. The molecule has 3 nitrogen and oxygen atoms in total. The van der Waals surface area contributed by atoms with Crippen molar-refractivity contribution in [3.63, 3.8) is 0 Å². The van der Waals surface area contributed by atoms with Gasteiger partial charge in [-0.2, -0.15) is 5.10 Å². The van der Waals surface area contributed by atoms with Crippen molar-refractivity contribution < 1.29 is 0 Å². The molecular weight excluding hydrogens is 270 g/mol. The largest absolute Gasteiger partial charge is 0.314 e. The second kappa shape index (κ2) is 6.48. The number of rotatable bonds is 5. The first-order chi connectivity index (χ1) is 9.79. The van der Waals surface area contributed by atoms with Gasteiger partial charge in [0.2, 0.25) is 0 Å². The van der Waals surface area contributed by atoms with Gasteiger partial charge in [-0.1, -0.05) is 30.9 Å². The highest BCUT2D eigenvalue weighted by molar-refractivity contribution is 6.31. The van der Waals surface area contributed by atoms with E-state index in [2.05, 4.69) is 22.0 Å². The van der Waals surface area contributed by atoms with Crippen LogP contribution in [0, 0.1) is 5.92 Å². The molecular formula is C16H26ClN3. The molecule has 20 heavy (non-hydrogen) atoms. The van der Waals surface area contributed by atoms with Gasteiger partial charge < -0.3 is 5.32 Å². The molecule has 2 aliphatic carbocycles. The highest BCUT2D eigenvalue weighted by atomic mass is 35.5. The van der Waals surface area contributed by atoms with Crippen LogP contribution in [-0.4, -0.2) is 22.4 Å². The molecule has 0 saturated heterocycles. The van der Waals surface area contributed by atoms with E-state index in [9.17, 15) is 0 Å². The Morgan fingerprint density at radius 1 is 1.25 bits per heavy atom. The molecule has 112 valence electrons. The highest BCUT2D eigenvalue weighted by Crippen LogP contribution is 2.39. The Kier molecular flexibility index (Phi) is 4.67. The van der Waals surface area contributed by atoms with Gasteiger partial charge in [-0.25, -0.2) is 0 Å². The smallest absolute Gasteiger partial charge is 0.0820 e. The first kappa shape index (κ1) is 14.4. The fourth-order valence-corrected chi connectivity index (χ4v) is 3.87. The molecule has 2 atom stereocenters. The van der Waals surface area contributed by atoms with Crippen LogP contribution in [-0.2, 0) is 6.54 Å². The zero-order valence-corrected chi connectivity index (χ0v) is 13.2. The third kappa shape index (κ3) is 3.20. The van der Waals surface area contributed by atoms with E-state index < -0.39 is 0 Å². The fraction of sp³-hybridized carbons (Fsp3) is 0.812. The Labute approximate surface area is 127 Å². The van der Waals surface area contributed by atoms with Crippen LogP contribution in [0.3, 0.4) is 0 Å². The molecule has 0 amide bonds. The van der Waals surface area contributed by atoms with E-state index in [1.54, 1.807) is 0 Å². The molecule has 0 bridgehead atoms. The van der Waals surface area contributed by atoms with E-state index in [0.717, 1.165) is 30.1 Å². The number of hydrogen-bond donors (Lipinski definition) is 1. The van der Waals surface area contributed by atoms with Crippen LogP contribution >= 0.6 is 11.6 Å². The lowest BCUT2D eigenvalue weighted by atomic mass is 9.85. The minimum absolute atomic E-state index is 0.582. The summed E-state index contributed by atoms with van der Waals surface area (Å²) >= 11 is 6.45. The molecule has 1 heterocycles. The van der Waals surface area contributed by atoms with Crippen molar-refractivity contribution in [1.82, 2.24) is 15.1 Å². The molecule has 0 aromatic carbocycles. The summed E-state index contributed by atoms with van der Waals surface area (Å²) in [5, 5.41) is 9.05. The predicted molar refractivity (Wildman–Crippen MR) is 83.3 cm³/mol. The van der Waals surface area contributed by atoms with Crippen molar-refractivity contribution in [2.75, 3.05) is 6.54 Å². The molecule has 4 heteroatoms. The molecule has 1 aromatic heterocycles. The predicted octanol–water partition coefficient (Wildman–Crippen LogP) is 3.97. The van der Waals surface area contributed by atoms with E-state index in [1.165, 1.54) is 50.6 Å². The third-order valence-corrected chi connectivity index (χ3v) is 5.18. The van der Waals surface area contributed by atoms with Crippen LogP contribution in [0.4, 0.5) is 0 Å². The Morgan fingerprint density at radius 3 is 2.80 bits per heavy atom. The highest BCUT2D eigenvalue weighted by Gasteiger charge is 2.31. The molecule has 1 aromatic rings. The second-order valence-corrected chi connectivity index (χ2v) is 6.79. The van der Waals surface area contributed by atoms with Crippen molar-refractivity contribution in [3.8, 4) is 0 Å². The molecule has 0 radical (unpaired) electrons. The van der Waals surface area contributed by atoms with Crippen LogP contribution in [0.15, 0.2) is 6.20 Å². The Bertz CT molecular complexity index is 439. The number of aromatic nitrogens is 2. The lowest BCUT2D eigenvalue weighted by Crippen LogP contribution is -2.29. The van der Waals surface area contributed by atoms with Gasteiger partial charge in [-0.05, 0) is 45.1 Å². The van der Waals surface area contributed by atoms with Gasteiger partial charge in [0.25, 0.3) is 0 Å². The van der Waals surface area contributed by atoms with Crippen LogP contribution < -0.4 is 5.32 Å². The average molecular weight is 296 g/mol. The normalized spacial score (nSPS) is 27.5. The third-order valence-electron chi connectivity index (χ3n) is 4.89. The topological polar surface area (TPSA) is 29.9 Å². The van der Waals surface area contributed by atoms with Crippen LogP contribution in [0.2, 0.25) is 5.02 Å². The van der Waals surface area contributed by atoms with Gasteiger partial charge in [-0.3, -0.25) is 4.68 Å². The zero-order valence-electron chi connectivity index (χ0n) is 12.4. The summed E-state index contributed by atoms with van der Waals surface area (Å²) in [5.41, 5.74) is 1.29. The van der Waals surface area contributed by atoms with E-state index >= 15 is 0 Å². The molecule has 2 aliphatic rings. The van der Waals surface area contributed by atoms with E-state index in [4.69, 9.17) is 11.6 Å². The van der Waals surface area contributed by atoms with Gasteiger partial charge >= 0.3 is 0 Å². The standard InChI is InChI=1S/C16H26ClN3/c1-2-20-16(15(17)11-19-20)14-7-5-3-4-6-12(14)10-18-13-8-9-13/h11-14,18H,2-10H2,1H3. The summed E-state index contributed by atoms with van der Waals surface area (Å²) in [6, 6.07) is 0.797. The minimum atomic E-state index is 0.582. The maximum absolute atomic E-state index is 6.45. The average Bonchev–Trinajstić information content (AvgIpc) is 3.23. The second-order valence-electron chi connectivity index (χ2n) is 6.38. The number of nitrogens with one attached hydrogen (secondary N) is 1. The summed E-state index contributed by atoms with van der Waals surface area (Å²) in [4.78, 5) is 0. The van der Waals surface area contributed by atoms with Crippen molar-refractivity contribution >= 4 is 11.6 Å². The van der Waals surface area contributed by atoms with Gasteiger partial charge in [0.15, 0.2) is 0 Å². The maximum atomic E-state index is 6.45. The van der Waals surface area contributed by atoms with Crippen molar-refractivity contribution in [1.29, 1.82) is 0 Å². The summed E-state index contributed by atoms with van der Waals surface area (Å²) < 4.78 is 2.11. The first-order valence-electron chi connectivity index (χ1n) is 8.24. The molecule has 3 rings (SSSR count). The van der Waals surface area contributed by atoms with Crippen LogP contribution in [0.25, 0.3) is 0 Å². The summed E-state index contributed by atoms with van der Waals surface area (Å²) in [6.07, 6.45) is 11.2. The van der Waals surface area contributed by atoms with Crippen LogP contribution in [0.5, 0.6) is 0 Å². The van der Waals surface area contributed by atoms with Crippen LogP contribution in [0.1, 0.15) is 63.5 Å². The summed E-state index contributed by atoms with van der Waals surface area (Å²) in [5.74, 6) is 1.30. The van der Waals surface area contributed by atoms with Gasteiger partial charge in [0.05, 0.1) is 16.9 Å².